The van der Waals surface area contributed by atoms with E-state index in [1.54, 1.807) is 12.1 Å². The van der Waals surface area contributed by atoms with E-state index in [0.717, 1.165) is 31.7 Å². The number of benzene rings is 1. The summed E-state index contributed by atoms with van der Waals surface area (Å²) in [5, 5.41) is 10.9. The van der Waals surface area contributed by atoms with Crippen molar-refractivity contribution in [2.75, 3.05) is 26.2 Å². The normalized spacial score (nSPS) is 19.9. The smallest absolute Gasteiger partial charge is 0.138 e. The van der Waals surface area contributed by atoms with E-state index >= 15 is 0 Å². The van der Waals surface area contributed by atoms with Gasteiger partial charge in [-0.15, -0.1) is 0 Å². The highest BCUT2D eigenvalue weighted by atomic mass is 35.5. The number of likely N-dealkylation sites (tertiary alicyclic amines) is 1. The molecule has 0 bridgehead atoms. The molecule has 5 heteroatoms. The molecule has 20 heavy (non-hydrogen) atoms. The quantitative estimate of drug-likeness (QED) is 0.898. The summed E-state index contributed by atoms with van der Waals surface area (Å²) in [5.41, 5.74) is 0.808. The van der Waals surface area contributed by atoms with Crippen molar-refractivity contribution >= 4 is 23.2 Å². The molecule has 0 amide bonds. The molecule has 3 nitrogen and oxygen atoms in total. The van der Waals surface area contributed by atoms with Crippen LogP contribution in [0.15, 0.2) is 12.1 Å². The van der Waals surface area contributed by atoms with Crippen LogP contribution in [-0.2, 0) is 6.54 Å². The first-order valence-electron chi connectivity index (χ1n) is 7.18. The van der Waals surface area contributed by atoms with Crippen LogP contribution in [0.1, 0.15) is 25.8 Å². The Morgan fingerprint density at radius 3 is 2.65 bits per heavy atom. The van der Waals surface area contributed by atoms with Gasteiger partial charge in [0.2, 0.25) is 0 Å². The molecular formula is C15H22Cl2N2O. The maximum Gasteiger partial charge on any atom is 0.138 e. The fraction of sp³-hybridized carbons (Fsp3) is 0.600. The molecule has 1 aromatic rings. The van der Waals surface area contributed by atoms with Crippen molar-refractivity contribution in [2.24, 2.45) is 0 Å². The molecule has 0 aliphatic carbocycles. The van der Waals surface area contributed by atoms with Crippen molar-refractivity contribution in [1.29, 1.82) is 0 Å². The summed E-state index contributed by atoms with van der Waals surface area (Å²) >= 11 is 12.0. The topological polar surface area (TPSA) is 26.7 Å². The monoisotopic (exact) mass is 316 g/mol. The van der Waals surface area contributed by atoms with Gasteiger partial charge in [-0.3, -0.25) is 9.80 Å². The number of nitrogens with zero attached hydrogens (tertiary/aromatic N) is 2. The highest BCUT2D eigenvalue weighted by Crippen LogP contribution is 2.32. The number of hydrogen-bond donors (Lipinski definition) is 1. The molecule has 1 fully saturated rings. The first kappa shape index (κ1) is 15.9. The Hall–Kier alpha value is -0.480. The van der Waals surface area contributed by atoms with Gasteiger partial charge in [-0.1, -0.05) is 37.0 Å². The maximum absolute atomic E-state index is 10.0. The number of aromatic hydroxyl groups is 1. The predicted octanol–water partition coefficient (Wildman–Crippen LogP) is 3.62. The number of phenolic OH excluding ortho intramolecular Hbond substituents is 1. The molecule has 0 aromatic heterocycles. The molecule has 0 saturated carbocycles. The number of halogens is 2. The average Bonchev–Trinajstić information content (AvgIpc) is 2.85. The summed E-state index contributed by atoms with van der Waals surface area (Å²) in [6.45, 7) is 9.36. The second-order valence-corrected chi connectivity index (χ2v) is 6.14. The Labute approximate surface area is 131 Å². The summed E-state index contributed by atoms with van der Waals surface area (Å²) in [7, 11) is 0. The third-order valence-corrected chi connectivity index (χ3v) is 4.58. The van der Waals surface area contributed by atoms with Gasteiger partial charge >= 0.3 is 0 Å². The lowest BCUT2D eigenvalue weighted by molar-refractivity contribution is 0.208. The fourth-order valence-corrected chi connectivity index (χ4v) is 3.51. The van der Waals surface area contributed by atoms with Gasteiger partial charge in [-0.25, -0.2) is 0 Å². The molecule has 1 unspecified atom stereocenters. The third-order valence-electron chi connectivity index (χ3n) is 4.08. The highest BCUT2D eigenvalue weighted by Gasteiger charge is 2.26. The first-order valence-corrected chi connectivity index (χ1v) is 7.94. The molecule has 1 atom stereocenters. The second-order valence-electron chi connectivity index (χ2n) is 5.29. The highest BCUT2D eigenvalue weighted by molar-refractivity contribution is 6.35. The Kier molecular flexibility index (Phi) is 5.56. The molecule has 1 saturated heterocycles. The van der Waals surface area contributed by atoms with Gasteiger partial charge in [-0.05, 0) is 31.6 Å². The van der Waals surface area contributed by atoms with Crippen LogP contribution in [0, 0.1) is 0 Å². The minimum absolute atomic E-state index is 0.155. The number of hydrogen-bond acceptors (Lipinski definition) is 3. The molecule has 1 aromatic carbocycles. The summed E-state index contributed by atoms with van der Waals surface area (Å²) in [5.74, 6) is 0.155. The zero-order chi connectivity index (χ0) is 14.7. The van der Waals surface area contributed by atoms with Crippen molar-refractivity contribution in [2.45, 2.75) is 32.9 Å². The van der Waals surface area contributed by atoms with Crippen molar-refractivity contribution in [3.8, 4) is 5.75 Å². The summed E-state index contributed by atoms with van der Waals surface area (Å²) < 4.78 is 0. The molecule has 1 aliphatic heterocycles. The summed E-state index contributed by atoms with van der Waals surface area (Å²) in [4.78, 5) is 4.84. The average molecular weight is 317 g/mol. The SMILES string of the molecule is CCN(CC)C1CCN(Cc2cc(Cl)cc(Cl)c2O)C1. The van der Waals surface area contributed by atoms with E-state index in [2.05, 4.69) is 23.6 Å². The van der Waals surface area contributed by atoms with Gasteiger partial charge in [0.05, 0.1) is 5.02 Å². The van der Waals surface area contributed by atoms with Gasteiger partial charge in [0.15, 0.2) is 0 Å². The van der Waals surface area contributed by atoms with E-state index in [9.17, 15) is 5.11 Å². The van der Waals surface area contributed by atoms with E-state index < -0.39 is 0 Å². The largest absolute Gasteiger partial charge is 0.506 e. The lowest BCUT2D eigenvalue weighted by Gasteiger charge is -2.26. The molecule has 0 radical (unpaired) electrons. The second kappa shape index (κ2) is 6.99. The van der Waals surface area contributed by atoms with Crippen LogP contribution < -0.4 is 0 Å². The Morgan fingerprint density at radius 2 is 2.00 bits per heavy atom. The molecule has 112 valence electrons. The van der Waals surface area contributed by atoms with E-state index in [1.807, 2.05) is 0 Å². The van der Waals surface area contributed by atoms with Crippen LogP contribution in [0.4, 0.5) is 0 Å². The van der Waals surface area contributed by atoms with Gasteiger partial charge in [-0.2, -0.15) is 0 Å². The lowest BCUT2D eigenvalue weighted by atomic mass is 10.2. The Balaban J connectivity index is 2.02. The molecule has 1 aliphatic rings. The Morgan fingerprint density at radius 1 is 1.30 bits per heavy atom. The van der Waals surface area contributed by atoms with E-state index in [-0.39, 0.29) is 5.75 Å². The van der Waals surface area contributed by atoms with E-state index in [4.69, 9.17) is 23.2 Å². The number of likely N-dealkylation sites (N-methyl/N-ethyl adjacent to an activating group) is 1. The van der Waals surface area contributed by atoms with Crippen LogP contribution in [-0.4, -0.2) is 47.1 Å². The van der Waals surface area contributed by atoms with E-state index in [0.29, 0.717) is 22.6 Å². The van der Waals surface area contributed by atoms with Gasteiger partial charge in [0.1, 0.15) is 5.75 Å². The summed E-state index contributed by atoms with van der Waals surface area (Å²) in [6, 6.07) is 3.99. The van der Waals surface area contributed by atoms with Crippen LogP contribution in [0.3, 0.4) is 0 Å². The van der Waals surface area contributed by atoms with Gasteiger partial charge in [0, 0.05) is 36.3 Å². The van der Waals surface area contributed by atoms with Crippen molar-refractivity contribution in [3.05, 3.63) is 27.7 Å². The molecular weight excluding hydrogens is 295 g/mol. The zero-order valence-corrected chi connectivity index (χ0v) is 13.6. The minimum Gasteiger partial charge on any atom is -0.506 e. The summed E-state index contributed by atoms with van der Waals surface area (Å²) in [6.07, 6.45) is 1.18. The van der Waals surface area contributed by atoms with E-state index in [1.165, 1.54) is 6.42 Å². The van der Waals surface area contributed by atoms with Crippen molar-refractivity contribution < 1.29 is 5.11 Å². The zero-order valence-electron chi connectivity index (χ0n) is 12.1. The van der Waals surface area contributed by atoms with Gasteiger partial charge < -0.3 is 5.11 Å². The third kappa shape index (κ3) is 3.59. The van der Waals surface area contributed by atoms with Crippen LogP contribution in [0.25, 0.3) is 0 Å². The van der Waals surface area contributed by atoms with Gasteiger partial charge in [0.25, 0.3) is 0 Å². The lowest BCUT2D eigenvalue weighted by Crippen LogP contribution is -2.37. The molecule has 0 spiro atoms. The van der Waals surface area contributed by atoms with Crippen LogP contribution in [0.5, 0.6) is 5.75 Å². The molecule has 2 rings (SSSR count). The standard InChI is InChI=1S/C15H22Cl2N2O/c1-3-19(4-2)13-5-6-18(10-13)9-11-7-12(16)8-14(17)15(11)20/h7-8,13,20H,3-6,9-10H2,1-2H3. The number of rotatable bonds is 5. The van der Waals surface area contributed by atoms with Crippen LogP contribution >= 0.6 is 23.2 Å². The predicted molar refractivity (Wildman–Crippen MR) is 84.7 cm³/mol. The maximum atomic E-state index is 10.0. The Bertz CT molecular complexity index is 463. The minimum atomic E-state index is 0.155. The first-order chi connectivity index (χ1) is 9.55. The molecule has 1 N–H and O–H groups in total. The molecule has 1 heterocycles. The van der Waals surface area contributed by atoms with Crippen molar-refractivity contribution in [1.82, 2.24) is 9.80 Å². The number of phenols is 1. The fourth-order valence-electron chi connectivity index (χ4n) is 2.97. The van der Waals surface area contributed by atoms with Crippen LogP contribution in [0.2, 0.25) is 10.0 Å². The van der Waals surface area contributed by atoms with Crippen molar-refractivity contribution in [3.63, 3.8) is 0 Å².